The third kappa shape index (κ3) is 6.33. The number of amides is 2. The maximum absolute atomic E-state index is 11.9. The molecule has 1 aromatic heterocycles. The molecule has 0 atom stereocenters. The summed E-state index contributed by atoms with van der Waals surface area (Å²) in [4.78, 5) is 28.9. The second kappa shape index (κ2) is 9.44. The Morgan fingerprint density at radius 2 is 2.08 bits per heavy atom. The monoisotopic (exact) mass is 363 g/mol. The quantitative estimate of drug-likeness (QED) is 0.686. The van der Waals surface area contributed by atoms with Crippen molar-refractivity contribution in [3.05, 3.63) is 35.3 Å². The number of nitrogens with zero attached hydrogens (tertiary/aromatic N) is 1. The van der Waals surface area contributed by atoms with Crippen LogP contribution >= 0.6 is 23.1 Å². The molecule has 2 rings (SSSR count). The van der Waals surface area contributed by atoms with Crippen molar-refractivity contribution in [1.82, 2.24) is 4.98 Å². The zero-order valence-corrected chi connectivity index (χ0v) is 15.4. The lowest BCUT2D eigenvalue weighted by atomic mass is 10.2. The first kappa shape index (κ1) is 18.5. The van der Waals surface area contributed by atoms with Gasteiger partial charge in [0.2, 0.25) is 11.8 Å². The second-order valence-electron chi connectivity index (χ2n) is 5.31. The number of hydrogen-bond acceptors (Lipinski definition) is 5. The Bertz CT molecular complexity index is 701. The Balaban J connectivity index is 1.83. The molecule has 1 heterocycles. The average molecular weight is 364 g/mol. The number of anilines is 2. The molecule has 1 aromatic carbocycles. The van der Waals surface area contributed by atoms with Gasteiger partial charge in [-0.15, -0.1) is 23.1 Å². The Morgan fingerprint density at radius 1 is 1.25 bits per heavy atom. The van der Waals surface area contributed by atoms with E-state index in [-0.39, 0.29) is 11.8 Å². The number of unbranched alkanes of at least 4 members (excludes halogenated alkanes) is 1. The number of aryl methyl sites for hydroxylation is 1. The van der Waals surface area contributed by atoms with Crippen LogP contribution in [0.25, 0.3) is 0 Å². The molecule has 0 radical (unpaired) electrons. The summed E-state index contributed by atoms with van der Waals surface area (Å²) in [5.74, 6) is 0.230. The van der Waals surface area contributed by atoms with Crippen molar-refractivity contribution >= 4 is 45.7 Å². The maximum atomic E-state index is 11.9. The molecule has 7 heteroatoms. The molecule has 2 aromatic rings. The highest BCUT2D eigenvalue weighted by atomic mass is 32.2. The number of benzene rings is 1. The van der Waals surface area contributed by atoms with E-state index in [9.17, 15) is 9.59 Å². The number of carbonyl (C=O) groups is 2. The SMILES string of the molecule is CCCCC(=O)Nc1cccc(SCC(=O)Nc2nc(C)cs2)c1. The molecule has 0 spiro atoms. The first-order valence-corrected chi connectivity index (χ1v) is 9.68. The maximum Gasteiger partial charge on any atom is 0.236 e. The molecule has 5 nitrogen and oxygen atoms in total. The van der Waals surface area contributed by atoms with E-state index in [2.05, 4.69) is 22.5 Å². The number of thiazole rings is 1. The van der Waals surface area contributed by atoms with E-state index in [0.29, 0.717) is 17.3 Å². The van der Waals surface area contributed by atoms with Gasteiger partial charge < -0.3 is 10.6 Å². The van der Waals surface area contributed by atoms with Gasteiger partial charge >= 0.3 is 0 Å². The van der Waals surface area contributed by atoms with Crippen molar-refractivity contribution in [3.8, 4) is 0 Å². The van der Waals surface area contributed by atoms with Crippen LogP contribution in [0.4, 0.5) is 10.8 Å². The summed E-state index contributed by atoms with van der Waals surface area (Å²) >= 11 is 2.84. The Labute approximate surface area is 150 Å². The zero-order valence-electron chi connectivity index (χ0n) is 13.8. The van der Waals surface area contributed by atoms with E-state index in [1.807, 2.05) is 36.6 Å². The number of rotatable bonds is 8. The normalized spacial score (nSPS) is 10.4. The minimum absolute atomic E-state index is 0.0240. The van der Waals surface area contributed by atoms with Gasteiger partial charge in [0.1, 0.15) is 0 Å². The second-order valence-corrected chi connectivity index (χ2v) is 7.22. The lowest BCUT2D eigenvalue weighted by Gasteiger charge is -2.07. The van der Waals surface area contributed by atoms with Crippen LogP contribution < -0.4 is 10.6 Å². The molecule has 0 fully saturated rings. The van der Waals surface area contributed by atoms with Gasteiger partial charge in [0.15, 0.2) is 5.13 Å². The van der Waals surface area contributed by atoms with Gasteiger partial charge in [-0.25, -0.2) is 4.98 Å². The zero-order chi connectivity index (χ0) is 17.4. The molecule has 0 unspecified atom stereocenters. The molecule has 0 aliphatic rings. The first-order chi connectivity index (χ1) is 11.6. The van der Waals surface area contributed by atoms with Crippen LogP contribution in [0.2, 0.25) is 0 Å². The van der Waals surface area contributed by atoms with E-state index < -0.39 is 0 Å². The van der Waals surface area contributed by atoms with Crippen molar-refractivity contribution in [2.24, 2.45) is 0 Å². The van der Waals surface area contributed by atoms with Crippen molar-refractivity contribution in [2.45, 2.75) is 38.0 Å². The van der Waals surface area contributed by atoms with Crippen LogP contribution in [-0.4, -0.2) is 22.6 Å². The van der Waals surface area contributed by atoms with Crippen LogP contribution in [-0.2, 0) is 9.59 Å². The first-order valence-electron chi connectivity index (χ1n) is 7.81. The highest BCUT2D eigenvalue weighted by Gasteiger charge is 2.07. The Morgan fingerprint density at radius 3 is 2.79 bits per heavy atom. The molecule has 0 saturated carbocycles. The predicted octanol–water partition coefficient (Wildman–Crippen LogP) is 4.31. The smallest absolute Gasteiger partial charge is 0.236 e. The number of nitrogens with one attached hydrogen (secondary N) is 2. The summed E-state index contributed by atoms with van der Waals surface area (Å²) in [6, 6.07) is 7.54. The summed E-state index contributed by atoms with van der Waals surface area (Å²) in [6.07, 6.45) is 2.41. The highest BCUT2D eigenvalue weighted by Crippen LogP contribution is 2.22. The summed E-state index contributed by atoms with van der Waals surface area (Å²) in [6.45, 7) is 3.95. The highest BCUT2D eigenvalue weighted by molar-refractivity contribution is 8.00. The predicted molar refractivity (Wildman–Crippen MR) is 101 cm³/mol. The third-order valence-corrected chi connectivity index (χ3v) is 4.98. The van der Waals surface area contributed by atoms with Crippen LogP contribution in [0, 0.1) is 6.92 Å². The van der Waals surface area contributed by atoms with Gasteiger partial charge in [-0.1, -0.05) is 19.4 Å². The standard InChI is InChI=1S/C17H21N3O2S2/c1-3-4-8-15(21)19-13-6-5-7-14(9-13)23-11-16(22)20-17-18-12(2)10-24-17/h5-7,9-10H,3-4,8,11H2,1-2H3,(H,19,21)(H,18,20,22). The molecule has 0 bridgehead atoms. The van der Waals surface area contributed by atoms with Crippen molar-refractivity contribution in [3.63, 3.8) is 0 Å². The molecule has 24 heavy (non-hydrogen) atoms. The molecular formula is C17H21N3O2S2. The number of carbonyl (C=O) groups excluding carboxylic acids is 2. The van der Waals surface area contributed by atoms with Crippen LogP contribution in [0.15, 0.2) is 34.5 Å². The fourth-order valence-electron chi connectivity index (χ4n) is 1.94. The van der Waals surface area contributed by atoms with Gasteiger partial charge in [0, 0.05) is 22.4 Å². The van der Waals surface area contributed by atoms with Gasteiger partial charge in [-0.3, -0.25) is 9.59 Å². The van der Waals surface area contributed by atoms with Crippen LogP contribution in [0.5, 0.6) is 0 Å². The lowest BCUT2D eigenvalue weighted by Crippen LogP contribution is -2.14. The van der Waals surface area contributed by atoms with E-state index in [4.69, 9.17) is 0 Å². The van der Waals surface area contributed by atoms with Gasteiger partial charge in [-0.05, 0) is 31.5 Å². The largest absolute Gasteiger partial charge is 0.326 e. The number of thioether (sulfide) groups is 1. The topological polar surface area (TPSA) is 71.1 Å². The number of aromatic nitrogens is 1. The average Bonchev–Trinajstić information content (AvgIpc) is 2.96. The summed E-state index contributed by atoms with van der Waals surface area (Å²) in [7, 11) is 0. The van der Waals surface area contributed by atoms with Crippen LogP contribution in [0.1, 0.15) is 31.9 Å². The van der Waals surface area contributed by atoms with Crippen LogP contribution in [0.3, 0.4) is 0 Å². The molecule has 2 N–H and O–H groups in total. The van der Waals surface area contributed by atoms with Gasteiger partial charge in [-0.2, -0.15) is 0 Å². The van der Waals surface area contributed by atoms with Gasteiger partial charge in [0.05, 0.1) is 11.4 Å². The van der Waals surface area contributed by atoms with E-state index in [0.717, 1.165) is 29.1 Å². The third-order valence-electron chi connectivity index (χ3n) is 3.11. The Hall–Kier alpha value is -1.86. The number of hydrogen-bond donors (Lipinski definition) is 2. The van der Waals surface area contributed by atoms with E-state index in [1.54, 1.807) is 0 Å². The molecular weight excluding hydrogens is 342 g/mol. The molecule has 2 amide bonds. The summed E-state index contributed by atoms with van der Waals surface area (Å²) in [5, 5.41) is 8.18. The minimum atomic E-state index is -0.0910. The van der Waals surface area contributed by atoms with E-state index in [1.165, 1.54) is 23.1 Å². The molecule has 0 saturated heterocycles. The fraction of sp³-hybridized carbons (Fsp3) is 0.353. The van der Waals surface area contributed by atoms with E-state index >= 15 is 0 Å². The molecule has 128 valence electrons. The fourth-order valence-corrected chi connectivity index (χ4v) is 3.40. The van der Waals surface area contributed by atoms with Crippen molar-refractivity contribution < 1.29 is 9.59 Å². The summed E-state index contributed by atoms with van der Waals surface area (Å²) in [5.41, 5.74) is 1.66. The van der Waals surface area contributed by atoms with Crippen molar-refractivity contribution in [1.29, 1.82) is 0 Å². The Kier molecular flexibility index (Phi) is 7.27. The lowest BCUT2D eigenvalue weighted by molar-refractivity contribution is -0.116. The van der Waals surface area contributed by atoms with Crippen molar-refractivity contribution in [2.75, 3.05) is 16.4 Å². The summed E-state index contributed by atoms with van der Waals surface area (Å²) < 4.78 is 0. The molecule has 0 aliphatic heterocycles. The van der Waals surface area contributed by atoms with Gasteiger partial charge in [0.25, 0.3) is 0 Å². The minimum Gasteiger partial charge on any atom is -0.326 e. The molecule has 0 aliphatic carbocycles.